The fourth-order valence-corrected chi connectivity index (χ4v) is 8.13. The molecule has 0 saturated heterocycles. The van der Waals surface area contributed by atoms with Crippen LogP contribution in [0.15, 0.2) is 24.3 Å². The van der Waals surface area contributed by atoms with Crippen molar-refractivity contribution in [2.24, 2.45) is 0 Å². The van der Waals surface area contributed by atoms with Crippen LogP contribution in [0.25, 0.3) is 0 Å². The number of aliphatic hydroxyl groups is 5. The van der Waals surface area contributed by atoms with Gasteiger partial charge in [-0.05, 0) is 64.2 Å². The molecule has 14 heteroatoms. The lowest BCUT2D eigenvalue weighted by Gasteiger charge is -2.41. The molecule has 0 bridgehead atoms. The first-order valence-electron chi connectivity index (χ1n) is 23.6. The summed E-state index contributed by atoms with van der Waals surface area (Å²) < 4.78 is 33.5. The number of rotatable bonds is 39. The second-order valence-electron chi connectivity index (χ2n) is 16.6. The smallest absolute Gasteiger partial charge is 0.462 e. The maximum atomic E-state index is 12.8. The van der Waals surface area contributed by atoms with Gasteiger partial charge in [0.25, 0.3) is 0 Å². The van der Waals surface area contributed by atoms with Crippen LogP contribution < -0.4 is 0 Å². The van der Waals surface area contributed by atoms with Crippen molar-refractivity contribution in [3.63, 3.8) is 0 Å². The molecule has 0 heterocycles. The first kappa shape index (κ1) is 56.3. The molecule has 60 heavy (non-hydrogen) atoms. The van der Waals surface area contributed by atoms with Crippen LogP contribution in [-0.4, -0.2) is 98.3 Å². The average Bonchev–Trinajstić information content (AvgIpc) is 3.23. The molecule has 6 unspecified atom stereocenters. The van der Waals surface area contributed by atoms with E-state index in [-0.39, 0.29) is 12.8 Å². The Kier molecular flexibility index (Phi) is 34.5. The van der Waals surface area contributed by atoms with E-state index < -0.39 is 75.7 Å². The zero-order chi connectivity index (χ0) is 44.3. The van der Waals surface area contributed by atoms with E-state index >= 15 is 0 Å². The summed E-state index contributed by atoms with van der Waals surface area (Å²) >= 11 is 0. The lowest BCUT2D eigenvalue weighted by atomic mass is 9.85. The number of hydrogen-bond donors (Lipinski definition) is 6. The highest BCUT2D eigenvalue weighted by atomic mass is 31.2. The minimum atomic E-state index is -5.12. The molecular formula is C46H85O13P. The first-order chi connectivity index (χ1) is 28.9. The Labute approximate surface area is 362 Å². The minimum Gasteiger partial charge on any atom is -0.462 e. The summed E-state index contributed by atoms with van der Waals surface area (Å²) in [5.41, 5.74) is 0. The molecule has 1 rings (SSSR count). The third-order valence-corrected chi connectivity index (χ3v) is 12.0. The Morgan fingerprint density at radius 2 is 0.850 bits per heavy atom. The topological polar surface area (TPSA) is 210 Å². The summed E-state index contributed by atoms with van der Waals surface area (Å²) in [6.45, 7) is 3.27. The Hall–Kier alpha value is -1.67. The fourth-order valence-electron chi connectivity index (χ4n) is 7.16. The average molecular weight is 877 g/mol. The third kappa shape index (κ3) is 28.8. The van der Waals surface area contributed by atoms with Gasteiger partial charge in [0.2, 0.25) is 0 Å². The molecule has 13 nitrogen and oxygen atoms in total. The Morgan fingerprint density at radius 1 is 0.500 bits per heavy atom. The molecule has 0 aromatic carbocycles. The van der Waals surface area contributed by atoms with Gasteiger partial charge in [0.1, 0.15) is 43.2 Å². The van der Waals surface area contributed by atoms with Crippen molar-refractivity contribution in [3.8, 4) is 0 Å². The zero-order valence-electron chi connectivity index (χ0n) is 37.3. The zero-order valence-corrected chi connectivity index (χ0v) is 38.2. The van der Waals surface area contributed by atoms with Gasteiger partial charge in [-0.25, -0.2) is 4.57 Å². The summed E-state index contributed by atoms with van der Waals surface area (Å²) in [6.07, 6.45) is 26.6. The monoisotopic (exact) mass is 877 g/mol. The van der Waals surface area contributed by atoms with Crippen molar-refractivity contribution in [1.82, 2.24) is 0 Å². The highest BCUT2D eigenvalue weighted by Gasteiger charge is 2.51. The van der Waals surface area contributed by atoms with Crippen molar-refractivity contribution in [2.75, 3.05) is 13.2 Å². The lowest BCUT2D eigenvalue weighted by Crippen LogP contribution is -2.64. The predicted molar refractivity (Wildman–Crippen MR) is 235 cm³/mol. The Morgan fingerprint density at radius 3 is 1.30 bits per heavy atom. The second-order valence-corrected chi connectivity index (χ2v) is 18.0. The highest BCUT2D eigenvalue weighted by molar-refractivity contribution is 7.47. The van der Waals surface area contributed by atoms with Crippen LogP contribution in [0.1, 0.15) is 200 Å². The van der Waals surface area contributed by atoms with E-state index in [0.29, 0.717) is 12.8 Å². The SMILES string of the molecule is CCCCC/C=C\CCCCCCCC(=O)OCC(COP(=O)(O)OC1C(O)C(O)C(O)C(O)C1O)OC(=O)CCCCCCCCCCC/C=C\CCCCCCCC. The summed E-state index contributed by atoms with van der Waals surface area (Å²) in [4.78, 5) is 35.7. The van der Waals surface area contributed by atoms with Crippen LogP contribution in [-0.2, 0) is 32.7 Å². The van der Waals surface area contributed by atoms with E-state index in [1.165, 1.54) is 89.9 Å². The van der Waals surface area contributed by atoms with Gasteiger partial charge in [0.05, 0.1) is 6.61 Å². The summed E-state index contributed by atoms with van der Waals surface area (Å²) in [5.74, 6) is -1.11. The molecule has 352 valence electrons. The molecule has 1 aliphatic rings. The van der Waals surface area contributed by atoms with Gasteiger partial charge in [-0.15, -0.1) is 0 Å². The van der Waals surface area contributed by atoms with Crippen LogP contribution in [0.2, 0.25) is 0 Å². The summed E-state index contributed by atoms with van der Waals surface area (Å²) in [7, 11) is -5.12. The molecule has 0 aromatic heterocycles. The maximum Gasteiger partial charge on any atom is 0.472 e. The fraction of sp³-hybridized carbons (Fsp3) is 0.870. The van der Waals surface area contributed by atoms with Crippen molar-refractivity contribution in [1.29, 1.82) is 0 Å². The molecule has 0 amide bonds. The van der Waals surface area contributed by atoms with Crippen LogP contribution >= 0.6 is 7.82 Å². The molecule has 6 N–H and O–H groups in total. The van der Waals surface area contributed by atoms with Gasteiger partial charge in [-0.3, -0.25) is 18.6 Å². The van der Waals surface area contributed by atoms with Crippen molar-refractivity contribution in [2.45, 2.75) is 243 Å². The Balaban J connectivity index is 2.43. The van der Waals surface area contributed by atoms with Gasteiger partial charge in [0, 0.05) is 12.8 Å². The lowest BCUT2D eigenvalue weighted by molar-refractivity contribution is -0.220. The number of phosphoric ester groups is 1. The standard InChI is InChI=1S/C46H85O13P/c1-3-5-7-9-11-13-15-17-18-19-20-21-22-23-25-27-29-31-33-35-40(48)58-38(36-56-39(47)34-32-30-28-26-24-16-14-12-10-8-6-4-2)37-57-60(54,55)59-46-44(52)42(50)41(49)43(51)45(46)53/h12,14,17-18,38,41-46,49-53H,3-11,13,15-16,19-37H2,1-2H3,(H,54,55)/b14-12-,18-17-. The summed E-state index contributed by atoms with van der Waals surface area (Å²) in [6, 6.07) is 0. The van der Waals surface area contributed by atoms with Gasteiger partial charge < -0.3 is 39.9 Å². The molecule has 0 aliphatic heterocycles. The van der Waals surface area contributed by atoms with E-state index in [0.717, 1.165) is 70.6 Å². The number of hydrogen-bond acceptors (Lipinski definition) is 12. The second kappa shape index (κ2) is 36.8. The van der Waals surface area contributed by atoms with E-state index in [4.69, 9.17) is 18.5 Å². The molecule has 1 saturated carbocycles. The molecule has 0 radical (unpaired) electrons. The largest absolute Gasteiger partial charge is 0.472 e. The summed E-state index contributed by atoms with van der Waals surface area (Å²) in [5, 5.41) is 50.1. The molecule has 1 aliphatic carbocycles. The number of carbonyl (C=O) groups excluding carboxylic acids is 2. The quantitative estimate of drug-likeness (QED) is 0.0147. The van der Waals surface area contributed by atoms with Crippen LogP contribution in [0.4, 0.5) is 0 Å². The maximum absolute atomic E-state index is 12.8. The van der Waals surface area contributed by atoms with Crippen LogP contribution in [0.5, 0.6) is 0 Å². The van der Waals surface area contributed by atoms with Crippen LogP contribution in [0.3, 0.4) is 0 Å². The number of carbonyl (C=O) groups is 2. The number of esters is 2. The molecule has 6 atom stereocenters. The van der Waals surface area contributed by atoms with Crippen molar-refractivity contribution < 1.29 is 63.1 Å². The van der Waals surface area contributed by atoms with E-state index in [1.807, 2.05) is 0 Å². The van der Waals surface area contributed by atoms with Gasteiger partial charge in [-0.2, -0.15) is 0 Å². The van der Waals surface area contributed by atoms with E-state index in [9.17, 15) is 44.6 Å². The van der Waals surface area contributed by atoms with Gasteiger partial charge in [-0.1, -0.05) is 147 Å². The number of aliphatic hydroxyl groups excluding tert-OH is 5. The minimum absolute atomic E-state index is 0.0946. The Bertz CT molecular complexity index is 1150. The normalized spacial score (nSPS) is 22.3. The van der Waals surface area contributed by atoms with Crippen molar-refractivity contribution >= 4 is 19.8 Å². The molecular weight excluding hydrogens is 791 g/mol. The van der Waals surface area contributed by atoms with Crippen LogP contribution in [0, 0.1) is 0 Å². The highest BCUT2D eigenvalue weighted by Crippen LogP contribution is 2.47. The van der Waals surface area contributed by atoms with Crippen molar-refractivity contribution in [3.05, 3.63) is 24.3 Å². The predicted octanol–water partition coefficient (Wildman–Crippen LogP) is 9.23. The van der Waals surface area contributed by atoms with E-state index in [2.05, 4.69) is 38.2 Å². The van der Waals surface area contributed by atoms with Gasteiger partial charge in [0.15, 0.2) is 6.10 Å². The molecule has 0 spiro atoms. The number of phosphoric acid groups is 1. The van der Waals surface area contributed by atoms with E-state index in [1.54, 1.807) is 0 Å². The van der Waals surface area contributed by atoms with Gasteiger partial charge >= 0.3 is 19.8 Å². The third-order valence-electron chi connectivity index (χ3n) is 11.0. The molecule has 0 aromatic rings. The first-order valence-corrected chi connectivity index (χ1v) is 25.1. The number of ether oxygens (including phenoxy) is 2. The number of unbranched alkanes of at least 4 members (excludes halogenated alkanes) is 23. The number of allylic oxidation sites excluding steroid dienone is 4. The molecule has 1 fully saturated rings.